The lowest BCUT2D eigenvalue weighted by molar-refractivity contribution is -0.385. The monoisotopic (exact) mass is 201 g/mol. The Labute approximate surface area is 79.4 Å². The van der Waals surface area contributed by atoms with Gasteiger partial charge in [0.1, 0.15) is 5.69 Å². The molecule has 1 fully saturated rings. The van der Waals surface area contributed by atoms with E-state index in [1.165, 1.54) is 4.68 Å². The SMILES string of the molecule is Cn1nc(C2CC2)c([N+](=O)[O-])c1Cl. The summed E-state index contributed by atoms with van der Waals surface area (Å²) >= 11 is 5.74. The van der Waals surface area contributed by atoms with Gasteiger partial charge in [0.25, 0.3) is 0 Å². The Hall–Kier alpha value is -1.10. The smallest absolute Gasteiger partial charge is 0.258 e. The minimum Gasteiger partial charge on any atom is -0.258 e. The van der Waals surface area contributed by atoms with Gasteiger partial charge in [-0.1, -0.05) is 11.6 Å². The molecule has 1 saturated carbocycles. The number of hydrogen-bond donors (Lipinski definition) is 0. The molecule has 0 N–H and O–H groups in total. The van der Waals surface area contributed by atoms with Crippen LogP contribution in [0.1, 0.15) is 24.5 Å². The lowest BCUT2D eigenvalue weighted by Crippen LogP contribution is -1.91. The van der Waals surface area contributed by atoms with E-state index in [9.17, 15) is 10.1 Å². The zero-order valence-corrected chi connectivity index (χ0v) is 7.78. The maximum atomic E-state index is 10.7. The second kappa shape index (κ2) is 2.70. The zero-order valence-electron chi connectivity index (χ0n) is 7.03. The summed E-state index contributed by atoms with van der Waals surface area (Å²) in [5.41, 5.74) is 0.518. The third-order valence-corrected chi connectivity index (χ3v) is 2.55. The Kier molecular flexibility index (Phi) is 1.76. The van der Waals surface area contributed by atoms with E-state index in [1.54, 1.807) is 7.05 Å². The fourth-order valence-corrected chi connectivity index (χ4v) is 1.52. The molecule has 1 aromatic rings. The van der Waals surface area contributed by atoms with Crippen molar-refractivity contribution in [2.75, 3.05) is 0 Å². The van der Waals surface area contributed by atoms with Gasteiger partial charge in [0, 0.05) is 13.0 Å². The number of rotatable bonds is 2. The first-order chi connectivity index (χ1) is 6.11. The number of nitrogens with zero attached hydrogens (tertiary/aromatic N) is 3. The van der Waals surface area contributed by atoms with Crippen LogP contribution in [0.15, 0.2) is 0 Å². The predicted molar refractivity (Wildman–Crippen MR) is 46.8 cm³/mol. The third-order valence-electron chi connectivity index (χ3n) is 2.13. The molecule has 70 valence electrons. The van der Waals surface area contributed by atoms with Crippen LogP contribution in [0.2, 0.25) is 5.15 Å². The van der Waals surface area contributed by atoms with Gasteiger partial charge in [-0.05, 0) is 12.8 Å². The Balaban J connectivity index is 2.54. The maximum Gasteiger partial charge on any atom is 0.329 e. The van der Waals surface area contributed by atoms with Gasteiger partial charge >= 0.3 is 5.69 Å². The molecule has 0 bridgehead atoms. The van der Waals surface area contributed by atoms with Gasteiger partial charge < -0.3 is 0 Å². The molecule has 0 saturated heterocycles. The number of hydrogen-bond acceptors (Lipinski definition) is 3. The lowest BCUT2D eigenvalue weighted by Gasteiger charge is -1.89. The van der Waals surface area contributed by atoms with Gasteiger partial charge in [0.2, 0.25) is 5.15 Å². The van der Waals surface area contributed by atoms with Gasteiger partial charge in [0.15, 0.2) is 0 Å². The van der Waals surface area contributed by atoms with Gasteiger partial charge in [-0.15, -0.1) is 0 Å². The summed E-state index contributed by atoms with van der Waals surface area (Å²) in [7, 11) is 1.61. The highest BCUT2D eigenvalue weighted by molar-refractivity contribution is 6.31. The average molecular weight is 202 g/mol. The normalized spacial score (nSPS) is 16.2. The minimum atomic E-state index is -0.455. The first-order valence-corrected chi connectivity index (χ1v) is 4.36. The molecule has 0 radical (unpaired) electrons. The summed E-state index contributed by atoms with van der Waals surface area (Å²) in [6, 6.07) is 0. The molecule has 1 heterocycles. The zero-order chi connectivity index (χ0) is 9.59. The van der Waals surface area contributed by atoms with Crippen LogP contribution < -0.4 is 0 Å². The van der Waals surface area contributed by atoms with Crippen molar-refractivity contribution in [2.24, 2.45) is 7.05 Å². The van der Waals surface area contributed by atoms with Gasteiger partial charge in [-0.2, -0.15) is 5.10 Å². The molecule has 1 aliphatic rings. The second-order valence-electron chi connectivity index (χ2n) is 3.18. The molecule has 0 amide bonds. The highest BCUT2D eigenvalue weighted by Crippen LogP contribution is 2.45. The average Bonchev–Trinajstić information content (AvgIpc) is 2.80. The molecule has 0 atom stereocenters. The summed E-state index contributed by atoms with van der Waals surface area (Å²) in [4.78, 5) is 10.2. The summed E-state index contributed by atoms with van der Waals surface area (Å²) in [6.45, 7) is 0. The van der Waals surface area contributed by atoms with Gasteiger partial charge in [-0.25, -0.2) is 0 Å². The number of aryl methyl sites for hydroxylation is 1. The van der Waals surface area contributed by atoms with E-state index in [4.69, 9.17) is 11.6 Å². The van der Waals surface area contributed by atoms with E-state index < -0.39 is 4.92 Å². The highest BCUT2D eigenvalue weighted by Gasteiger charge is 2.36. The first-order valence-electron chi connectivity index (χ1n) is 3.98. The fraction of sp³-hybridized carbons (Fsp3) is 0.571. The van der Waals surface area contributed by atoms with Crippen molar-refractivity contribution in [3.05, 3.63) is 21.0 Å². The van der Waals surface area contributed by atoms with E-state index in [2.05, 4.69) is 5.10 Å². The molecule has 5 nitrogen and oxygen atoms in total. The summed E-state index contributed by atoms with van der Waals surface area (Å²) in [6.07, 6.45) is 1.96. The Morgan fingerprint density at radius 1 is 1.69 bits per heavy atom. The van der Waals surface area contributed by atoms with Gasteiger partial charge in [-0.3, -0.25) is 14.8 Å². The number of nitro groups is 1. The van der Waals surface area contributed by atoms with E-state index in [0.717, 1.165) is 12.8 Å². The van der Waals surface area contributed by atoms with Crippen LogP contribution in [0.3, 0.4) is 0 Å². The molecule has 0 spiro atoms. The van der Waals surface area contributed by atoms with E-state index in [-0.39, 0.29) is 16.8 Å². The molecule has 13 heavy (non-hydrogen) atoms. The van der Waals surface area contributed by atoms with Crippen molar-refractivity contribution in [3.8, 4) is 0 Å². The predicted octanol–water partition coefficient (Wildman–Crippen LogP) is 1.86. The van der Waals surface area contributed by atoms with Crippen molar-refractivity contribution in [2.45, 2.75) is 18.8 Å². The van der Waals surface area contributed by atoms with Crippen molar-refractivity contribution in [1.29, 1.82) is 0 Å². The van der Waals surface area contributed by atoms with Crippen LogP contribution in [-0.2, 0) is 7.05 Å². The topological polar surface area (TPSA) is 61.0 Å². The fourth-order valence-electron chi connectivity index (χ4n) is 1.31. The molecule has 0 aromatic carbocycles. The Morgan fingerprint density at radius 3 is 2.77 bits per heavy atom. The van der Waals surface area contributed by atoms with Gasteiger partial charge in [0.05, 0.1) is 4.92 Å². The summed E-state index contributed by atoms with van der Waals surface area (Å²) in [5, 5.41) is 14.8. The third kappa shape index (κ3) is 1.29. The van der Waals surface area contributed by atoms with Crippen molar-refractivity contribution in [3.63, 3.8) is 0 Å². The molecule has 2 rings (SSSR count). The molecular formula is C7H8ClN3O2. The molecule has 0 unspecified atom stereocenters. The van der Waals surface area contributed by atoms with Crippen molar-refractivity contribution in [1.82, 2.24) is 9.78 Å². The lowest BCUT2D eigenvalue weighted by atomic mass is 10.3. The van der Waals surface area contributed by atoms with E-state index in [1.807, 2.05) is 0 Å². The van der Waals surface area contributed by atoms with E-state index in [0.29, 0.717) is 5.69 Å². The van der Waals surface area contributed by atoms with Crippen LogP contribution in [0.5, 0.6) is 0 Å². The first kappa shape index (κ1) is 8.50. The number of aromatic nitrogens is 2. The standard InChI is InChI=1S/C7H8ClN3O2/c1-10-7(8)6(11(12)13)5(9-10)4-2-3-4/h4H,2-3H2,1H3. The molecule has 1 aliphatic carbocycles. The van der Waals surface area contributed by atoms with Crippen molar-refractivity contribution >= 4 is 17.3 Å². The largest absolute Gasteiger partial charge is 0.329 e. The Morgan fingerprint density at radius 2 is 2.31 bits per heavy atom. The minimum absolute atomic E-state index is 0.0216. The maximum absolute atomic E-state index is 10.7. The van der Waals surface area contributed by atoms with Crippen LogP contribution >= 0.6 is 11.6 Å². The van der Waals surface area contributed by atoms with E-state index >= 15 is 0 Å². The Bertz CT molecular complexity index is 370. The number of halogens is 1. The second-order valence-corrected chi connectivity index (χ2v) is 3.54. The van der Waals surface area contributed by atoms with Crippen LogP contribution in [0.25, 0.3) is 0 Å². The highest BCUT2D eigenvalue weighted by atomic mass is 35.5. The molecular weight excluding hydrogens is 194 g/mol. The van der Waals surface area contributed by atoms with Crippen LogP contribution in [0.4, 0.5) is 5.69 Å². The molecule has 6 heteroatoms. The van der Waals surface area contributed by atoms with Crippen LogP contribution in [0, 0.1) is 10.1 Å². The molecule has 0 aliphatic heterocycles. The summed E-state index contributed by atoms with van der Waals surface area (Å²) < 4.78 is 1.35. The summed E-state index contributed by atoms with van der Waals surface area (Å²) in [5.74, 6) is 0.249. The van der Waals surface area contributed by atoms with Crippen molar-refractivity contribution < 1.29 is 4.92 Å². The molecule has 1 aromatic heterocycles. The quantitative estimate of drug-likeness (QED) is 0.542. The van der Waals surface area contributed by atoms with Crippen LogP contribution in [-0.4, -0.2) is 14.7 Å².